The van der Waals surface area contributed by atoms with Gasteiger partial charge in [0.25, 0.3) is 5.91 Å². The van der Waals surface area contributed by atoms with Crippen LogP contribution in [0.4, 0.5) is 5.69 Å². The number of nitrogens with one attached hydrogen (secondary N) is 1. The van der Waals surface area contributed by atoms with Gasteiger partial charge in [-0.1, -0.05) is 0 Å². The molecule has 0 radical (unpaired) electrons. The van der Waals surface area contributed by atoms with Crippen molar-refractivity contribution >= 4 is 11.6 Å². The van der Waals surface area contributed by atoms with Crippen LogP contribution in [0.15, 0.2) is 30.5 Å². The maximum Gasteiger partial charge on any atom is 0.255 e. The van der Waals surface area contributed by atoms with E-state index in [1.54, 1.807) is 24.4 Å². The number of pyridine rings is 1. The van der Waals surface area contributed by atoms with Gasteiger partial charge in [-0.3, -0.25) is 9.78 Å². The van der Waals surface area contributed by atoms with Crippen molar-refractivity contribution in [3.05, 3.63) is 41.7 Å². The lowest BCUT2D eigenvalue weighted by atomic mass is 10.1. The number of carbonyl (C=O) groups is 1. The van der Waals surface area contributed by atoms with E-state index in [1.165, 1.54) is 0 Å². The zero-order valence-corrected chi connectivity index (χ0v) is 15.1. The van der Waals surface area contributed by atoms with Crippen molar-refractivity contribution in [2.75, 3.05) is 25.1 Å². The van der Waals surface area contributed by atoms with Gasteiger partial charge in [0.15, 0.2) is 11.5 Å². The second-order valence-corrected chi connectivity index (χ2v) is 5.19. The summed E-state index contributed by atoms with van der Waals surface area (Å²) in [5.41, 5.74) is 1.84. The topological polar surface area (TPSA) is 69.7 Å². The maximum atomic E-state index is 12.7. The van der Waals surface area contributed by atoms with Crippen LogP contribution in [0, 0.1) is 6.92 Å². The van der Waals surface area contributed by atoms with E-state index in [-0.39, 0.29) is 5.91 Å². The van der Waals surface area contributed by atoms with E-state index < -0.39 is 0 Å². The molecule has 0 saturated heterocycles. The number of anilines is 1. The van der Waals surface area contributed by atoms with E-state index in [0.717, 1.165) is 5.69 Å². The molecule has 1 amide bonds. The molecule has 0 unspecified atom stereocenters. The van der Waals surface area contributed by atoms with Crippen molar-refractivity contribution in [1.82, 2.24) is 4.98 Å². The molecule has 1 aromatic heterocycles. The lowest BCUT2D eigenvalue weighted by Gasteiger charge is -2.17. The normalized spacial score (nSPS) is 10.2. The summed E-state index contributed by atoms with van der Waals surface area (Å²) >= 11 is 0. The van der Waals surface area contributed by atoms with Crippen LogP contribution in [0.2, 0.25) is 0 Å². The summed E-state index contributed by atoms with van der Waals surface area (Å²) in [6.07, 6.45) is 1.68. The van der Waals surface area contributed by atoms with Crippen molar-refractivity contribution in [2.24, 2.45) is 0 Å². The third-order valence-electron chi connectivity index (χ3n) is 3.43. The van der Waals surface area contributed by atoms with Crippen LogP contribution < -0.4 is 19.5 Å². The van der Waals surface area contributed by atoms with Gasteiger partial charge in [0.05, 0.1) is 31.2 Å². The van der Waals surface area contributed by atoms with Crippen molar-refractivity contribution in [3.63, 3.8) is 0 Å². The first-order valence-corrected chi connectivity index (χ1v) is 8.40. The van der Waals surface area contributed by atoms with Crippen LogP contribution in [0.3, 0.4) is 0 Å². The molecular weight excluding hydrogens is 320 g/mol. The minimum atomic E-state index is -0.263. The summed E-state index contributed by atoms with van der Waals surface area (Å²) in [7, 11) is 0. The highest BCUT2D eigenvalue weighted by atomic mass is 16.5. The van der Waals surface area contributed by atoms with Crippen molar-refractivity contribution in [3.8, 4) is 17.2 Å². The second kappa shape index (κ2) is 8.92. The largest absolute Gasteiger partial charge is 0.490 e. The van der Waals surface area contributed by atoms with Crippen molar-refractivity contribution in [1.29, 1.82) is 0 Å². The Hall–Kier alpha value is -2.76. The molecule has 1 aromatic carbocycles. The summed E-state index contributed by atoms with van der Waals surface area (Å²) in [4.78, 5) is 16.8. The van der Waals surface area contributed by atoms with Gasteiger partial charge in [-0.05, 0) is 52.0 Å². The summed E-state index contributed by atoms with van der Waals surface area (Å²) < 4.78 is 16.9. The Kier molecular flexibility index (Phi) is 6.62. The number of rotatable bonds is 8. The Morgan fingerprint density at radius 1 is 1.04 bits per heavy atom. The number of nitrogens with zero attached hydrogens (tertiary/aromatic N) is 1. The van der Waals surface area contributed by atoms with Gasteiger partial charge in [-0.2, -0.15) is 0 Å². The molecule has 0 fully saturated rings. The Bertz CT molecular complexity index is 704. The van der Waals surface area contributed by atoms with E-state index >= 15 is 0 Å². The minimum absolute atomic E-state index is 0.263. The van der Waals surface area contributed by atoms with E-state index in [0.29, 0.717) is 48.3 Å². The lowest BCUT2D eigenvalue weighted by molar-refractivity contribution is 0.102. The maximum absolute atomic E-state index is 12.7. The SMILES string of the molecule is CCOc1cc(C(=O)Nc2cccnc2C)cc(OCC)c1OCC. The fraction of sp³-hybridized carbons (Fsp3) is 0.368. The Balaban J connectivity index is 2.39. The van der Waals surface area contributed by atoms with Gasteiger partial charge in [0.1, 0.15) is 0 Å². The smallest absolute Gasteiger partial charge is 0.255 e. The molecule has 0 aliphatic carbocycles. The fourth-order valence-corrected chi connectivity index (χ4v) is 2.33. The molecule has 134 valence electrons. The van der Waals surface area contributed by atoms with Crippen molar-refractivity contribution < 1.29 is 19.0 Å². The number of benzene rings is 1. The van der Waals surface area contributed by atoms with Crippen LogP contribution in [-0.2, 0) is 0 Å². The minimum Gasteiger partial charge on any atom is -0.490 e. The Morgan fingerprint density at radius 3 is 2.16 bits per heavy atom. The van der Waals surface area contributed by atoms with Crippen LogP contribution >= 0.6 is 0 Å². The highest BCUT2D eigenvalue weighted by Gasteiger charge is 2.18. The standard InChI is InChI=1S/C19H24N2O4/c1-5-23-16-11-14(12-17(24-6-2)18(16)25-7-3)19(22)21-15-9-8-10-20-13(15)4/h8-12H,5-7H2,1-4H3,(H,21,22). The first-order chi connectivity index (χ1) is 12.1. The van der Waals surface area contributed by atoms with E-state index in [1.807, 2.05) is 33.8 Å². The van der Waals surface area contributed by atoms with E-state index in [2.05, 4.69) is 10.3 Å². The molecule has 2 rings (SSSR count). The molecule has 1 N–H and O–H groups in total. The molecule has 6 nitrogen and oxygen atoms in total. The second-order valence-electron chi connectivity index (χ2n) is 5.19. The molecule has 1 heterocycles. The summed E-state index contributed by atoms with van der Waals surface area (Å²) in [6, 6.07) is 6.91. The molecule has 0 bridgehead atoms. The summed E-state index contributed by atoms with van der Waals surface area (Å²) in [6.45, 7) is 8.86. The third-order valence-corrected chi connectivity index (χ3v) is 3.43. The molecular formula is C19H24N2O4. The van der Waals surface area contributed by atoms with Gasteiger partial charge in [-0.15, -0.1) is 0 Å². The highest BCUT2D eigenvalue weighted by molar-refractivity contribution is 6.05. The molecule has 0 aliphatic rings. The molecule has 0 aliphatic heterocycles. The van der Waals surface area contributed by atoms with Crippen LogP contribution in [0.25, 0.3) is 0 Å². The average Bonchev–Trinajstić information content (AvgIpc) is 2.60. The fourth-order valence-electron chi connectivity index (χ4n) is 2.33. The van der Waals surface area contributed by atoms with Gasteiger partial charge >= 0.3 is 0 Å². The van der Waals surface area contributed by atoms with Gasteiger partial charge in [-0.25, -0.2) is 0 Å². The van der Waals surface area contributed by atoms with Gasteiger partial charge in [0, 0.05) is 11.8 Å². The summed E-state index contributed by atoms with van der Waals surface area (Å²) in [5.74, 6) is 1.23. The predicted octanol–water partition coefficient (Wildman–Crippen LogP) is 3.84. The molecule has 2 aromatic rings. The summed E-state index contributed by atoms with van der Waals surface area (Å²) in [5, 5.41) is 2.86. The zero-order valence-electron chi connectivity index (χ0n) is 15.1. The molecule has 25 heavy (non-hydrogen) atoms. The van der Waals surface area contributed by atoms with E-state index in [4.69, 9.17) is 14.2 Å². The lowest BCUT2D eigenvalue weighted by Crippen LogP contribution is -2.14. The monoisotopic (exact) mass is 344 g/mol. The third kappa shape index (κ3) is 4.62. The molecule has 0 atom stereocenters. The number of hydrogen-bond acceptors (Lipinski definition) is 5. The predicted molar refractivity (Wildman–Crippen MR) is 96.9 cm³/mol. The number of hydrogen-bond donors (Lipinski definition) is 1. The van der Waals surface area contributed by atoms with E-state index in [9.17, 15) is 4.79 Å². The van der Waals surface area contributed by atoms with Crippen LogP contribution in [0.5, 0.6) is 17.2 Å². The van der Waals surface area contributed by atoms with Gasteiger partial charge in [0.2, 0.25) is 5.75 Å². The van der Waals surface area contributed by atoms with Crippen LogP contribution in [0.1, 0.15) is 36.8 Å². The Labute approximate surface area is 148 Å². The molecule has 0 spiro atoms. The average molecular weight is 344 g/mol. The first kappa shape index (κ1) is 18.6. The van der Waals surface area contributed by atoms with Crippen LogP contribution in [-0.4, -0.2) is 30.7 Å². The molecule has 0 saturated carbocycles. The number of aryl methyl sites for hydroxylation is 1. The number of amides is 1. The number of ether oxygens (including phenoxy) is 3. The Morgan fingerprint density at radius 2 is 1.64 bits per heavy atom. The van der Waals surface area contributed by atoms with Crippen molar-refractivity contribution in [2.45, 2.75) is 27.7 Å². The zero-order chi connectivity index (χ0) is 18.2. The molecule has 6 heteroatoms. The van der Waals surface area contributed by atoms with Gasteiger partial charge < -0.3 is 19.5 Å². The first-order valence-electron chi connectivity index (χ1n) is 8.40. The number of carbonyl (C=O) groups excluding carboxylic acids is 1. The quantitative estimate of drug-likeness (QED) is 0.788. The highest BCUT2D eigenvalue weighted by Crippen LogP contribution is 2.39. The number of aromatic nitrogens is 1.